The molecule has 0 saturated carbocycles. The fourth-order valence-electron chi connectivity index (χ4n) is 4.11. The second kappa shape index (κ2) is 9.22. The molecule has 0 radical (unpaired) electrons. The summed E-state index contributed by atoms with van der Waals surface area (Å²) >= 11 is 0. The van der Waals surface area contributed by atoms with Gasteiger partial charge in [-0.2, -0.15) is 4.31 Å². The molecule has 1 aliphatic rings. The highest BCUT2D eigenvalue weighted by Gasteiger charge is 2.28. The Bertz CT molecular complexity index is 1230. The lowest BCUT2D eigenvalue weighted by molar-refractivity contribution is -0.116. The molecule has 0 spiro atoms. The normalized spacial score (nSPS) is 13.8. The Balaban J connectivity index is 1.72. The van der Waals surface area contributed by atoms with E-state index in [9.17, 15) is 13.2 Å². The number of aryl methyl sites for hydroxylation is 2. The maximum atomic E-state index is 13.8. The van der Waals surface area contributed by atoms with Crippen molar-refractivity contribution in [2.45, 2.75) is 44.7 Å². The first-order chi connectivity index (χ1) is 15.4. The van der Waals surface area contributed by atoms with Crippen LogP contribution in [-0.4, -0.2) is 30.2 Å². The van der Waals surface area contributed by atoms with Crippen molar-refractivity contribution in [3.8, 4) is 0 Å². The van der Waals surface area contributed by atoms with Gasteiger partial charge in [0.05, 0.1) is 4.90 Å². The van der Waals surface area contributed by atoms with Crippen molar-refractivity contribution in [2.75, 3.05) is 11.4 Å². The number of benzene rings is 2. The Hall–Kier alpha value is -3.03. The number of amides is 1. The van der Waals surface area contributed by atoms with E-state index < -0.39 is 10.0 Å². The highest BCUT2D eigenvalue weighted by atomic mass is 32.2. The molecule has 4 rings (SSSR count). The second-order valence-corrected chi connectivity index (χ2v) is 10.1. The highest BCUT2D eigenvalue weighted by molar-refractivity contribution is 7.89. The molecule has 32 heavy (non-hydrogen) atoms. The van der Waals surface area contributed by atoms with Gasteiger partial charge < -0.3 is 4.90 Å². The molecular weight excluding hydrogens is 422 g/mol. The minimum atomic E-state index is -3.78. The van der Waals surface area contributed by atoms with Crippen LogP contribution in [0.3, 0.4) is 0 Å². The number of pyridine rings is 1. The first-order valence-corrected chi connectivity index (χ1v) is 12.1. The van der Waals surface area contributed by atoms with Crippen LogP contribution >= 0.6 is 0 Å². The molecule has 0 aliphatic carbocycles. The highest BCUT2D eigenvalue weighted by Crippen LogP contribution is 2.31. The number of sulfonamides is 1. The average Bonchev–Trinajstić information content (AvgIpc) is 2.79. The third kappa shape index (κ3) is 4.59. The average molecular weight is 450 g/mol. The molecule has 166 valence electrons. The standard InChI is InChI=1S/C25H27N3O3S/c1-19-7-3-4-9-23(19)18-27(17-21-8-5-13-26-16-21)32(30,31)24-11-12-25-22(15-24)10-6-14-28(25)20(2)29/h3-5,7-9,11-13,15-16H,6,10,14,17-18H2,1-2H3. The SMILES string of the molecule is CC(=O)N1CCCc2cc(S(=O)(=O)N(Cc3cccnc3)Cc3ccccc3C)ccc21. The molecule has 0 N–H and O–H groups in total. The van der Waals surface area contributed by atoms with Crippen molar-refractivity contribution >= 4 is 21.6 Å². The molecule has 0 fully saturated rings. The lowest BCUT2D eigenvalue weighted by Crippen LogP contribution is -2.34. The molecule has 2 aromatic carbocycles. The van der Waals surface area contributed by atoms with Crippen LogP contribution < -0.4 is 4.90 Å². The molecule has 2 heterocycles. The number of carbonyl (C=O) groups is 1. The van der Waals surface area contributed by atoms with Gasteiger partial charge in [-0.3, -0.25) is 9.78 Å². The fourth-order valence-corrected chi connectivity index (χ4v) is 5.57. The molecule has 0 bridgehead atoms. The summed E-state index contributed by atoms with van der Waals surface area (Å²) in [5, 5.41) is 0. The van der Waals surface area contributed by atoms with E-state index in [1.807, 2.05) is 43.3 Å². The summed E-state index contributed by atoms with van der Waals surface area (Å²) in [6.45, 7) is 4.67. The van der Waals surface area contributed by atoms with Crippen LogP contribution in [0, 0.1) is 6.92 Å². The summed E-state index contributed by atoms with van der Waals surface area (Å²) in [5.74, 6) is -0.0284. The Morgan fingerprint density at radius 3 is 2.62 bits per heavy atom. The number of fused-ring (bicyclic) bond motifs is 1. The number of aromatic nitrogens is 1. The Morgan fingerprint density at radius 1 is 1.09 bits per heavy atom. The first kappa shape index (κ1) is 22.2. The molecule has 0 saturated heterocycles. The molecule has 1 aromatic heterocycles. The van der Waals surface area contributed by atoms with E-state index in [-0.39, 0.29) is 23.9 Å². The van der Waals surface area contributed by atoms with E-state index in [4.69, 9.17) is 0 Å². The maximum Gasteiger partial charge on any atom is 0.243 e. The van der Waals surface area contributed by atoms with Crippen LogP contribution in [-0.2, 0) is 34.3 Å². The van der Waals surface area contributed by atoms with E-state index in [0.717, 1.165) is 40.8 Å². The quantitative estimate of drug-likeness (QED) is 0.569. The molecule has 1 aliphatic heterocycles. The predicted molar refractivity (Wildman–Crippen MR) is 125 cm³/mol. The van der Waals surface area contributed by atoms with E-state index in [0.29, 0.717) is 6.54 Å². The largest absolute Gasteiger partial charge is 0.312 e. The molecular formula is C25H27N3O3S. The number of carbonyl (C=O) groups excluding carboxylic acids is 1. The summed E-state index contributed by atoms with van der Waals surface area (Å²) < 4.78 is 29.1. The summed E-state index contributed by atoms with van der Waals surface area (Å²) in [5.41, 5.74) is 4.53. The fraction of sp³-hybridized carbons (Fsp3) is 0.280. The molecule has 0 atom stereocenters. The predicted octanol–water partition coefficient (Wildman–Crippen LogP) is 4.08. The van der Waals surface area contributed by atoms with Gasteiger partial charge in [0.2, 0.25) is 15.9 Å². The van der Waals surface area contributed by atoms with Gasteiger partial charge in [-0.05, 0) is 66.3 Å². The van der Waals surface area contributed by atoms with Crippen molar-refractivity contribution in [1.82, 2.24) is 9.29 Å². The topological polar surface area (TPSA) is 70.6 Å². The van der Waals surface area contributed by atoms with Crippen molar-refractivity contribution in [3.63, 3.8) is 0 Å². The molecule has 6 nitrogen and oxygen atoms in total. The number of nitrogens with zero attached hydrogens (tertiary/aromatic N) is 3. The summed E-state index contributed by atoms with van der Waals surface area (Å²) in [7, 11) is -3.78. The molecule has 0 unspecified atom stereocenters. The summed E-state index contributed by atoms with van der Waals surface area (Å²) in [6, 6.07) is 16.6. The van der Waals surface area contributed by atoms with Crippen LogP contribution in [0.5, 0.6) is 0 Å². The van der Waals surface area contributed by atoms with Crippen molar-refractivity contribution in [1.29, 1.82) is 0 Å². The summed E-state index contributed by atoms with van der Waals surface area (Å²) in [6.07, 6.45) is 4.94. The maximum absolute atomic E-state index is 13.8. The second-order valence-electron chi connectivity index (χ2n) is 8.13. The minimum Gasteiger partial charge on any atom is -0.312 e. The van der Waals surface area contributed by atoms with Crippen LogP contribution in [0.15, 0.2) is 71.9 Å². The lowest BCUT2D eigenvalue weighted by Gasteiger charge is -2.29. The van der Waals surface area contributed by atoms with Gasteiger partial charge in [-0.1, -0.05) is 30.3 Å². The van der Waals surface area contributed by atoms with Gasteiger partial charge in [0.1, 0.15) is 0 Å². The Morgan fingerprint density at radius 2 is 1.91 bits per heavy atom. The minimum absolute atomic E-state index is 0.0284. The van der Waals surface area contributed by atoms with E-state index in [1.165, 1.54) is 11.2 Å². The number of hydrogen-bond donors (Lipinski definition) is 0. The van der Waals surface area contributed by atoms with Crippen LogP contribution in [0.4, 0.5) is 5.69 Å². The number of hydrogen-bond acceptors (Lipinski definition) is 4. The molecule has 1 amide bonds. The van der Waals surface area contributed by atoms with Crippen molar-refractivity contribution < 1.29 is 13.2 Å². The van der Waals surface area contributed by atoms with E-state index in [2.05, 4.69) is 4.98 Å². The third-order valence-corrected chi connectivity index (χ3v) is 7.66. The first-order valence-electron chi connectivity index (χ1n) is 10.7. The zero-order valence-corrected chi connectivity index (χ0v) is 19.2. The van der Waals surface area contributed by atoms with Crippen LogP contribution in [0.25, 0.3) is 0 Å². The van der Waals surface area contributed by atoms with Crippen LogP contribution in [0.1, 0.15) is 35.6 Å². The van der Waals surface area contributed by atoms with Gasteiger partial charge in [-0.15, -0.1) is 0 Å². The lowest BCUT2D eigenvalue weighted by atomic mass is 10.0. The van der Waals surface area contributed by atoms with E-state index in [1.54, 1.807) is 35.5 Å². The van der Waals surface area contributed by atoms with Gasteiger partial charge in [0.15, 0.2) is 0 Å². The van der Waals surface area contributed by atoms with Gasteiger partial charge in [-0.25, -0.2) is 8.42 Å². The van der Waals surface area contributed by atoms with Gasteiger partial charge in [0.25, 0.3) is 0 Å². The van der Waals surface area contributed by atoms with Crippen molar-refractivity contribution in [2.24, 2.45) is 0 Å². The number of rotatable bonds is 6. The summed E-state index contributed by atoms with van der Waals surface area (Å²) in [4.78, 5) is 18.1. The monoisotopic (exact) mass is 449 g/mol. The van der Waals surface area contributed by atoms with Gasteiger partial charge in [0, 0.05) is 44.6 Å². The Labute approximate surface area is 189 Å². The van der Waals surface area contributed by atoms with Gasteiger partial charge >= 0.3 is 0 Å². The van der Waals surface area contributed by atoms with Crippen molar-refractivity contribution in [3.05, 3.63) is 89.2 Å². The van der Waals surface area contributed by atoms with E-state index >= 15 is 0 Å². The molecule has 7 heteroatoms. The number of anilines is 1. The zero-order chi connectivity index (χ0) is 22.7. The van der Waals surface area contributed by atoms with Crippen LogP contribution in [0.2, 0.25) is 0 Å². The Kier molecular flexibility index (Phi) is 6.39. The third-order valence-electron chi connectivity index (χ3n) is 5.88. The zero-order valence-electron chi connectivity index (χ0n) is 18.4. The smallest absolute Gasteiger partial charge is 0.243 e. The molecule has 3 aromatic rings.